The average molecular weight is 212 g/mol. The molecule has 0 fully saturated rings. The van der Waals surface area contributed by atoms with Gasteiger partial charge < -0.3 is 0 Å². The minimum atomic E-state index is 0.0707. The zero-order valence-electron chi connectivity index (χ0n) is 8.89. The van der Waals surface area contributed by atoms with Crippen molar-refractivity contribution in [3.8, 4) is 11.3 Å². The van der Waals surface area contributed by atoms with Crippen molar-refractivity contribution in [2.24, 2.45) is 0 Å². The van der Waals surface area contributed by atoms with E-state index in [2.05, 4.69) is 4.98 Å². The molecule has 0 radical (unpaired) electrons. The summed E-state index contributed by atoms with van der Waals surface area (Å²) in [5, 5.41) is 0. The molecule has 2 heterocycles. The maximum Gasteiger partial charge on any atom is 0.254 e. The van der Waals surface area contributed by atoms with Gasteiger partial charge in [-0.05, 0) is 6.42 Å². The summed E-state index contributed by atoms with van der Waals surface area (Å²) in [6, 6.07) is 11.5. The van der Waals surface area contributed by atoms with Crippen molar-refractivity contribution < 1.29 is 0 Å². The fourth-order valence-corrected chi connectivity index (χ4v) is 2.14. The summed E-state index contributed by atoms with van der Waals surface area (Å²) in [7, 11) is 0. The highest BCUT2D eigenvalue weighted by Crippen LogP contribution is 2.17. The highest BCUT2D eigenvalue weighted by atomic mass is 16.1. The molecule has 2 aromatic rings. The highest BCUT2D eigenvalue weighted by Gasteiger charge is 2.14. The van der Waals surface area contributed by atoms with Crippen LogP contribution in [0.3, 0.4) is 0 Å². The first-order valence-corrected chi connectivity index (χ1v) is 5.51. The first kappa shape index (κ1) is 9.33. The van der Waals surface area contributed by atoms with Crippen molar-refractivity contribution >= 4 is 0 Å². The van der Waals surface area contributed by atoms with Crippen LogP contribution in [0.2, 0.25) is 0 Å². The van der Waals surface area contributed by atoms with Crippen LogP contribution in [0.4, 0.5) is 0 Å². The van der Waals surface area contributed by atoms with Gasteiger partial charge in [0.25, 0.3) is 5.56 Å². The average Bonchev–Trinajstić information content (AvgIpc) is 2.79. The SMILES string of the molecule is O=c1cc(-c2ccccc2)nc2n1CCC2. The van der Waals surface area contributed by atoms with Crippen LogP contribution in [0.5, 0.6) is 0 Å². The Morgan fingerprint density at radius 1 is 1.19 bits per heavy atom. The molecule has 0 unspecified atom stereocenters. The van der Waals surface area contributed by atoms with Crippen molar-refractivity contribution in [2.45, 2.75) is 19.4 Å². The number of aromatic nitrogens is 2. The molecular formula is C13H12N2O. The van der Waals surface area contributed by atoms with Gasteiger partial charge in [-0.15, -0.1) is 0 Å². The molecule has 0 aliphatic carbocycles. The summed E-state index contributed by atoms with van der Waals surface area (Å²) in [6.07, 6.45) is 1.94. The fourth-order valence-electron chi connectivity index (χ4n) is 2.14. The van der Waals surface area contributed by atoms with Crippen molar-refractivity contribution in [3.63, 3.8) is 0 Å². The van der Waals surface area contributed by atoms with Crippen molar-refractivity contribution in [1.82, 2.24) is 9.55 Å². The minimum absolute atomic E-state index is 0.0707. The maximum atomic E-state index is 11.8. The van der Waals surface area contributed by atoms with E-state index in [1.54, 1.807) is 10.6 Å². The van der Waals surface area contributed by atoms with E-state index in [-0.39, 0.29) is 5.56 Å². The predicted octanol–water partition coefficient (Wildman–Crippen LogP) is 1.86. The van der Waals surface area contributed by atoms with Crippen LogP contribution >= 0.6 is 0 Å². The number of fused-ring (bicyclic) bond motifs is 1. The third-order valence-electron chi connectivity index (χ3n) is 2.94. The van der Waals surface area contributed by atoms with Gasteiger partial charge in [0.2, 0.25) is 0 Å². The molecule has 0 spiro atoms. The summed E-state index contributed by atoms with van der Waals surface area (Å²) in [5.41, 5.74) is 1.87. The van der Waals surface area contributed by atoms with Gasteiger partial charge in [-0.1, -0.05) is 30.3 Å². The second kappa shape index (κ2) is 3.59. The quantitative estimate of drug-likeness (QED) is 0.723. The van der Waals surface area contributed by atoms with Gasteiger partial charge in [-0.25, -0.2) is 4.98 Å². The number of rotatable bonds is 1. The number of aryl methyl sites for hydroxylation is 1. The molecule has 0 bridgehead atoms. The van der Waals surface area contributed by atoms with E-state index in [0.717, 1.165) is 36.5 Å². The number of hydrogen-bond donors (Lipinski definition) is 0. The summed E-state index contributed by atoms with van der Waals surface area (Å²) in [4.78, 5) is 16.4. The second-order valence-electron chi connectivity index (χ2n) is 4.02. The normalized spacial score (nSPS) is 13.8. The molecule has 3 nitrogen and oxygen atoms in total. The molecule has 0 saturated carbocycles. The minimum Gasteiger partial charge on any atom is -0.297 e. The maximum absolute atomic E-state index is 11.8. The molecule has 0 amide bonds. The summed E-state index contributed by atoms with van der Waals surface area (Å²) in [6.45, 7) is 0.816. The lowest BCUT2D eigenvalue weighted by molar-refractivity contribution is 0.712. The Labute approximate surface area is 93.4 Å². The Hall–Kier alpha value is -1.90. The largest absolute Gasteiger partial charge is 0.297 e. The lowest BCUT2D eigenvalue weighted by atomic mass is 10.1. The molecule has 1 aliphatic rings. The van der Waals surface area contributed by atoms with Gasteiger partial charge in [-0.3, -0.25) is 9.36 Å². The molecule has 0 N–H and O–H groups in total. The van der Waals surface area contributed by atoms with Crippen LogP contribution in [0.1, 0.15) is 12.2 Å². The van der Waals surface area contributed by atoms with Gasteiger partial charge in [0.05, 0.1) is 5.69 Å². The van der Waals surface area contributed by atoms with Gasteiger partial charge in [0.15, 0.2) is 0 Å². The summed E-state index contributed by atoms with van der Waals surface area (Å²) < 4.78 is 1.77. The lowest BCUT2D eigenvalue weighted by Gasteiger charge is -2.05. The number of hydrogen-bond acceptors (Lipinski definition) is 2. The van der Waals surface area contributed by atoms with Crippen LogP contribution in [0, 0.1) is 0 Å². The van der Waals surface area contributed by atoms with Crippen LogP contribution in [-0.4, -0.2) is 9.55 Å². The fraction of sp³-hybridized carbons (Fsp3) is 0.231. The molecule has 0 saturated heterocycles. The highest BCUT2D eigenvalue weighted by molar-refractivity contribution is 5.58. The Balaban J connectivity index is 2.17. The molecule has 80 valence electrons. The molecule has 1 aromatic carbocycles. The molecule has 1 aromatic heterocycles. The van der Waals surface area contributed by atoms with Crippen molar-refractivity contribution in [1.29, 1.82) is 0 Å². The Morgan fingerprint density at radius 2 is 2.00 bits per heavy atom. The smallest absolute Gasteiger partial charge is 0.254 e. The van der Waals surface area contributed by atoms with Crippen molar-refractivity contribution in [3.05, 3.63) is 52.6 Å². The Kier molecular flexibility index (Phi) is 2.10. The Morgan fingerprint density at radius 3 is 2.81 bits per heavy atom. The van der Waals surface area contributed by atoms with Gasteiger partial charge in [0, 0.05) is 24.6 Å². The van der Waals surface area contributed by atoms with E-state index in [1.165, 1.54) is 0 Å². The first-order valence-electron chi connectivity index (χ1n) is 5.51. The van der Waals surface area contributed by atoms with Crippen molar-refractivity contribution in [2.75, 3.05) is 0 Å². The van der Waals surface area contributed by atoms with Crippen LogP contribution in [0.15, 0.2) is 41.2 Å². The van der Waals surface area contributed by atoms with Gasteiger partial charge in [0.1, 0.15) is 5.82 Å². The zero-order chi connectivity index (χ0) is 11.0. The third kappa shape index (κ3) is 1.45. The number of benzene rings is 1. The zero-order valence-corrected chi connectivity index (χ0v) is 8.89. The van der Waals surface area contributed by atoms with Crippen LogP contribution < -0.4 is 5.56 Å². The summed E-state index contributed by atoms with van der Waals surface area (Å²) >= 11 is 0. The van der Waals surface area contributed by atoms with E-state index in [0.29, 0.717) is 0 Å². The summed E-state index contributed by atoms with van der Waals surface area (Å²) in [5.74, 6) is 0.923. The van der Waals surface area contributed by atoms with E-state index in [9.17, 15) is 4.79 Å². The van der Waals surface area contributed by atoms with Gasteiger partial charge >= 0.3 is 0 Å². The van der Waals surface area contributed by atoms with E-state index < -0.39 is 0 Å². The molecule has 0 atom stereocenters. The van der Waals surface area contributed by atoms with Crippen LogP contribution in [-0.2, 0) is 13.0 Å². The molecule has 3 heteroatoms. The topological polar surface area (TPSA) is 34.9 Å². The first-order chi connectivity index (χ1) is 7.84. The van der Waals surface area contributed by atoms with Crippen LogP contribution in [0.25, 0.3) is 11.3 Å². The molecule has 16 heavy (non-hydrogen) atoms. The lowest BCUT2D eigenvalue weighted by Crippen LogP contribution is -2.20. The predicted molar refractivity (Wildman–Crippen MR) is 62.3 cm³/mol. The Bertz CT molecular complexity index is 572. The number of nitrogens with zero attached hydrogens (tertiary/aromatic N) is 2. The third-order valence-corrected chi connectivity index (χ3v) is 2.94. The van der Waals surface area contributed by atoms with E-state index in [4.69, 9.17) is 0 Å². The molecular weight excluding hydrogens is 200 g/mol. The second-order valence-corrected chi connectivity index (χ2v) is 4.02. The molecule has 3 rings (SSSR count). The monoisotopic (exact) mass is 212 g/mol. The molecule has 1 aliphatic heterocycles. The van der Waals surface area contributed by atoms with E-state index >= 15 is 0 Å². The standard InChI is InChI=1S/C13H12N2O/c16-13-9-11(10-5-2-1-3-6-10)14-12-7-4-8-15(12)13/h1-3,5-6,9H,4,7-8H2. The van der Waals surface area contributed by atoms with Gasteiger partial charge in [-0.2, -0.15) is 0 Å². The van der Waals surface area contributed by atoms with E-state index in [1.807, 2.05) is 30.3 Å².